The van der Waals surface area contributed by atoms with E-state index < -0.39 is 0 Å². The number of nitrogens with zero attached hydrogens (tertiary/aromatic N) is 2. The van der Waals surface area contributed by atoms with Crippen molar-refractivity contribution in [1.29, 1.82) is 0 Å². The van der Waals surface area contributed by atoms with E-state index in [-0.39, 0.29) is 30.0 Å². The Morgan fingerprint density at radius 2 is 1.75 bits per heavy atom. The Labute approximate surface area is 162 Å². The van der Waals surface area contributed by atoms with Crippen molar-refractivity contribution in [2.75, 3.05) is 26.0 Å². The lowest BCUT2D eigenvalue weighted by Gasteiger charge is -2.23. The predicted molar refractivity (Wildman–Crippen MR) is 114 cm³/mol. The highest BCUT2D eigenvalue weighted by atomic mass is 127. The maximum atomic E-state index is 6.03. The van der Waals surface area contributed by atoms with E-state index in [4.69, 9.17) is 5.73 Å². The van der Waals surface area contributed by atoms with Crippen molar-refractivity contribution in [3.63, 3.8) is 0 Å². The lowest BCUT2D eigenvalue weighted by molar-refractivity contribution is 0.306. The fourth-order valence-corrected chi connectivity index (χ4v) is 2.45. The van der Waals surface area contributed by atoms with Crippen LogP contribution in [0.4, 0.5) is 5.69 Å². The van der Waals surface area contributed by atoms with E-state index in [2.05, 4.69) is 73.5 Å². The molecular formula is C19H27IN4. The first-order valence-corrected chi connectivity index (χ1v) is 7.82. The van der Waals surface area contributed by atoms with Crippen LogP contribution in [0.5, 0.6) is 0 Å². The fraction of sp³-hybridized carbons (Fsp3) is 0.316. The van der Waals surface area contributed by atoms with Gasteiger partial charge in [0.2, 0.25) is 0 Å². The molecule has 0 saturated carbocycles. The van der Waals surface area contributed by atoms with Gasteiger partial charge in [-0.3, -0.25) is 4.99 Å². The smallest absolute Gasteiger partial charge is 0.193 e. The summed E-state index contributed by atoms with van der Waals surface area (Å²) >= 11 is 0. The lowest BCUT2D eigenvalue weighted by Crippen LogP contribution is -2.27. The van der Waals surface area contributed by atoms with Gasteiger partial charge in [-0.25, -0.2) is 0 Å². The molecule has 0 aromatic heterocycles. The Kier molecular flexibility index (Phi) is 8.21. The summed E-state index contributed by atoms with van der Waals surface area (Å²) in [7, 11) is 4.12. The summed E-state index contributed by atoms with van der Waals surface area (Å²) in [5.74, 6) is 0.439. The first-order chi connectivity index (χ1) is 11.0. The molecule has 0 aliphatic rings. The minimum absolute atomic E-state index is 0. The average Bonchev–Trinajstić information content (AvgIpc) is 2.49. The van der Waals surface area contributed by atoms with Crippen LogP contribution in [-0.4, -0.2) is 31.5 Å². The maximum Gasteiger partial charge on any atom is 0.193 e. The molecule has 1 unspecified atom stereocenters. The molecule has 0 spiro atoms. The van der Waals surface area contributed by atoms with E-state index in [1.165, 1.54) is 16.7 Å². The molecule has 2 aromatic carbocycles. The Hall–Kier alpha value is -1.60. The van der Waals surface area contributed by atoms with Gasteiger partial charge in [0.05, 0.1) is 12.6 Å². The summed E-state index contributed by atoms with van der Waals surface area (Å²) in [6.07, 6.45) is 0. The van der Waals surface area contributed by atoms with Gasteiger partial charge in [-0.2, -0.15) is 0 Å². The van der Waals surface area contributed by atoms with Crippen molar-refractivity contribution in [3.05, 3.63) is 65.2 Å². The molecule has 2 rings (SSSR count). The fourth-order valence-electron chi connectivity index (χ4n) is 2.45. The second-order valence-electron chi connectivity index (χ2n) is 6.11. The molecule has 1 atom stereocenters. The van der Waals surface area contributed by atoms with Crippen molar-refractivity contribution in [3.8, 4) is 0 Å². The summed E-state index contributed by atoms with van der Waals surface area (Å²) in [4.78, 5) is 6.67. The zero-order valence-corrected chi connectivity index (χ0v) is 17.1. The number of nitrogens with one attached hydrogen (secondary N) is 1. The predicted octanol–water partition coefficient (Wildman–Crippen LogP) is 3.95. The number of guanidine groups is 1. The van der Waals surface area contributed by atoms with Crippen LogP contribution in [0.25, 0.3) is 0 Å². The third kappa shape index (κ3) is 6.13. The average molecular weight is 438 g/mol. The van der Waals surface area contributed by atoms with Crippen molar-refractivity contribution >= 4 is 35.6 Å². The van der Waals surface area contributed by atoms with E-state index in [0.29, 0.717) is 12.5 Å². The van der Waals surface area contributed by atoms with Gasteiger partial charge in [-0.15, -0.1) is 24.0 Å². The van der Waals surface area contributed by atoms with Crippen LogP contribution in [0, 0.1) is 13.8 Å². The molecule has 0 bridgehead atoms. The molecule has 0 aliphatic carbocycles. The Morgan fingerprint density at radius 3 is 2.33 bits per heavy atom. The van der Waals surface area contributed by atoms with E-state index >= 15 is 0 Å². The van der Waals surface area contributed by atoms with Crippen LogP contribution in [0.2, 0.25) is 0 Å². The number of anilines is 1. The maximum absolute atomic E-state index is 6.03. The number of aryl methyl sites for hydroxylation is 2. The van der Waals surface area contributed by atoms with E-state index in [9.17, 15) is 0 Å². The standard InChI is InChI=1S/C19H26N4.HI/c1-14-8-10-16(11-9-14)18(23(3)4)13-21-19(20)22-17-7-5-6-15(2)12-17;/h5-12,18H,13H2,1-4H3,(H3,20,21,22);1H. The van der Waals surface area contributed by atoms with Gasteiger partial charge in [0.25, 0.3) is 0 Å². The molecule has 130 valence electrons. The van der Waals surface area contributed by atoms with Crippen molar-refractivity contribution in [1.82, 2.24) is 4.90 Å². The van der Waals surface area contributed by atoms with Gasteiger partial charge in [-0.1, -0.05) is 42.0 Å². The molecular weight excluding hydrogens is 411 g/mol. The number of halogens is 1. The normalized spacial score (nSPS) is 12.6. The van der Waals surface area contributed by atoms with Crippen LogP contribution in [-0.2, 0) is 0 Å². The number of hydrogen-bond donors (Lipinski definition) is 2. The first kappa shape index (κ1) is 20.4. The van der Waals surface area contributed by atoms with Crippen LogP contribution in [0.3, 0.4) is 0 Å². The summed E-state index contributed by atoms with van der Waals surface area (Å²) in [6.45, 7) is 4.76. The van der Waals surface area contributed by atoms with Crippen LogP contribution >= 0.6 is 24.0 Å². The Morgan fingerprint density at radius 1 is 1.08 bits per heavy atom. The molecule has 0 fully saturated rings. The third-order valence-corrected chi connectivity index (χ3v) is 3.81. The van der Waals surface area contributed by atoms with Gasteiger partial charge in [0, 0.05) is 5.69 Å². The minimum atomic E-state index is 0. The highest BCUT2D eigenvalue weighted by molar-refractivity contribution is 14.0. The van der Waals surface area contributed by atoms with Crippen LogP contribution < -0.4 is 11.1 Å². The lowest BCUT2D eigenvalue weighted by atomic mass is 10.0. The molecule has 3 N–H and O–H groups in total. The molecule has 5 heteroatoms. The second-order valence-corrected chi connectivity index (χ2v) is 6.11. The van der Waals surface area contributed by atoms with Gasteiger partial charge >= 0.3 is 0 Å². The van der Waals surface area contributed by atoms with Gasteiger partial charge in [0.1, 0.15) is 0 Å². The van der Waals surface area contributed by atoms with Crippen molar-refractivity contribution in [2.45, 2.75) is 19.9 Å². The van der Waals surface area contributed by atoms with Gasteiger partial charge < -0.3 is 16.0 Å². The zero-order chi connectivity index (χ0) is 16.8. The Balaban J connectivity index is 0.00000288. The van der Waals surface area contributed by atoms with Crippen LogP contribution in [0.1, 0.15) is 22.7 Å². The number of benzene rings is 2. The quantitative estimate of drug-likeness (QED) is 0.422. The topological polar surface area (TPSA) is 53.6 Å². The minimum Gasteiger partial charge on any atom is -0.370 e. The summed E-state index contributed by atoms with van der Waals surface area (Å²) in [5, 5.41) is 3.15. The van der Waals surface area contributed by atoms with E-state index in [0.717, 1.165) is 5.69 Å². The molecule has 0 saturated heterocycles. The SMILES string of the molecule is Cc1ccc(C(CN=C(N)Nc2cccc(C)c2)N(C)C)cc1.I. The summed E-state index contributed by atoms with van der Waals surface area (Å²) in [5.41, 5.74) is 10.7. The highest BCUT2D eigenvalue weighted by Crippen LogP contribution is 2.19. The summed E-state index contributed by atoms with van der Waals surface area (Å²) < 4.78 is 0. The molecule has 2 aromatic rings. The third-order valence-electron chi connectivity index (χ3n) is 3.81. The first-order valence-electron chi connectivity index (χ1n) is 7.82. The molecule has 0 amide bonds. The number of hydrogen-bond acceptors (Lipinski definition) is 2. The second kappa shape index (κ2) is 9.64. The summed E-state index contributed by atoms with van der Waals surface area (Å²) in [6, 6.07) is 16.9. The number of rotatable bonds is 5. The largest absolute Gasteiger partial charge is 0.370 e. The monoisotopic (exact) mass is 438 g/mol. The van der Waals surface area contributed by atoms with Crippen molar-refractivity contribution < 1.29 is 0 Å². The van der Waals surface area contributed by atoms with Gasteiger partial charge in [0.15, 0.2) is 5.96 Å². The number of likely N-dealkylation sites (N-methyl/N-ethyl adjacent to an activating group) is 1. The molecule has 4 nitrogen and oxygen atoms in total. The molecule has 0 radical (unpaired) electrons. The van der Waals surface area contributed by atoms with E-state index in [1.54, 1.807) is 0 Å². The van der Waals surface area contributed by atoms with Crippen LogP contribution in [0.15, 0.2) is 53.5 Å². The van der Waals surface area contributed by atoms with Gasteiger partial charge in [-0.05, 0) is 51.2 Å². The molecule has 0 heterocycles. The highest BCUT2D eigenvalue weighted by Gasteiger charge is 2.13. The van der Waals surface area contributed by atoms with E-state index in [1.807, 2.05) is 18.2 Å². The zero-order valence-electron chi connectivity index (χ0n) is 14.8. The number of aliphatic imine (C=N–C) groups is 1. The van der Waals surface area contributed by atoms with Crippen molar-refractivity contribution in [2.24, 2.45) is 10.7 Å². The Bertz CT molecular complexity index is 665. The number of nitrogens with two attached hydrogens (primary N) is 1. The molecule has 0 aliphatic heterocycles. The molecule has 24 heavy (non-hydrogen) atoms.